The van der Waals surface area contributed by atoms with E-state index in [9.17, 15) is 9.59 Å². The second kappa shape index (κ2) is 9.24. The summed E-state index contributed by atoms with van der Waals surface area (Å²) in [5, 5.41) is 7.86. The van der Waals surface area contributed by atoms with Crippen LogP contribution in [-0.4, -0.2) is 29.9 Å². The van der Waals surface area contributed by atoms with E-state index in [1.807, 2.05) is 24.6 Å². The summed E-state index contributed by atoms with van der Waals surface area (Å²) in [5.41, 5.74) is 1.02. The van der Waals surface area contributed by atoms with Gasteiger partial charge in [0.15, 0.2) is 0 Å². The van der Waals surface area contributed by atoms with E-state index in [0.717, 1.165) is 17.7 Å². The van der Waals surface area contributed by atoms with Crippen molar-refractivity contribution < 1.29 is 9.59 Å². The summed E-state index contributed by atoms with van der Waals surface area (Å²) in [6.07, 6.45) is 5.67. The SMILES string of the molecule is CN(C(=O)c1ccc(NC(=O)NCc2cccs2)cc1Cl)C1CCCCC1. The standard InChI is InChI=1S/C20H24ClN3O2S/c1-24(15-6-3-2-4-7-15)19(25)17-10-9-14(12-18(17)21)23-20(26)22-13-16-8-5-11-27-16/h5,8-12,15H,2-4,6-7,13H2,1H3,(H2,22,23,26). The molecule has 3 rings (SSSR count). The normalized spacial score (nSPS) is 14.6. The van der Waals surface area contributed by atoms with Crippen molar-refractivity contribution >= 4 is 40.6 Å². The second-order valence-corrected chi connectivity index (χ2v) is 8.23. The van der Waals surface area contributed by atoms with E-state index >= 15 is 0 Å². The zero-order valence-electron chi connectivity index (χ0n) is 15.3. The van der Waals surface area contributed by atoms with Gasteiger partial charge >= 0.3 is 6.03 Å². The molecule has 1 aromatic heterocycles. The zero-order chi connectivity index (χ0) is 19.2. The number of anilines is 1. The monoisotopic (exact) mass is 405 g/mol. The number of amides is 3. The molecule has 2 aromatic rings. The molecule has 1 aromatic carbocycles. The molecule has 0 atom stereocenters. The molecule has 0 unspecified atom stereocenters. The van der Waals surface area contributed by atoms with Gasteiger partial charge in [-0.3, -0.25) is 4.79 Å². The van der Waals surface area contributed by atoms with Gasteiger partial charge in [-0.05, 0) is 42.5 Å². The maximum Gasteiger partial charge on any atom is 0.319 e. The predicted molar refractivity (Wildman–Crippen MR) is 111 cm³/mol. The van der Waals surface area contributed by atoms with Crippen LogP contribution in [0.15, 0.2) is 35.7 Å². The lowest BCUT2D eigenvalue weighted by Gasteiger charge is -2.31. The van der Waals surface area contributed by atoms with Crippen LogP contribution in [0.25, 0.3) is 0 Å². The van der Waals surface area contributed by atoms with Crippen LogP contribution in [-0.2, 0) is 6.54 Å². The number of carbonyl (C=O) groups is 2. The minimum atomic E-state index is -0.308. The van der Waals surface area contributed by atoms with E-state index in [4.69, 9.17) is 11.6 Å². The molecule has 7 heteroatoms. The highest BCUT2D eigenvalue weighted by Gasteiger charge is 2.24. The van der Waals surface area contributed by atoms with Crippen LogP contribution in [0.5, 0.6) is 0 Å². The molecule has 3 amide bonds. The van der Waals surface area contributed by atoms with E-state index in [1.54, 1.807) is 34.4 Å². The summed E-state index contributed by atoms with van der Waals surface area (Å²) in [4.78, 5) is 27.7. The van der Waals surface area contributed by atoms with E-state index in [2.05, 4.69) is 10.6 Å². The predicted octanol–water partition coefficient (Wildman–Crippen LogP) is 5.13. The average molecular weight is 406 g/mol. The largest absolute Gasteiger partial charge is 0.339 e. The van der Waals surface area contributed by atoms with Gasteiger partial charge in [-0.25, -0.2) is 4.79 Å². The average Bonchev–Trinajstić information content (AvgIpc) is 3.20. The molecule has 0 bridgehead atoms. The topological polar surface area (TPSA) is 61.4 Å². The first-order chi connectivity index (χ1) is 13.0. The van der Waals surface area contributed by atoms with Gasteiger partial charge in [0.25, 0.3) is 5.91 Å². The van der Waals surface area contributed by atoms with E-state index in [0.29, 0.717) is 22.8 Å². The molecular weight excluding hydrogens is 382 g/mol. The zero-order valence-corrected chi connectivity index (χ0v) is 16.9. The molecule has 0 aliphatic heterocycles. The molecule has 0 spiro atoms. The number of nitrogens with zero attached hydrogens (tertiary/aromatic N) is 1. The highest BCUT2D eigenvalue weighted by molar-refractivity contribution is 7.09. The van der Waals surface area contributed by atoms with Gasteiger partial charge in [-0.2, -0.15) is 0 Å². The van der Waals surface area contributed by atoms with Gasteiger partial charge in [0, 0.05) is 23.7 Å². The Morgan fingerprint density at radius 1 is 1.22 bits per heavy atom. The summed E-state index contributed by atoms with van der Waals surface area (Å²) in [6, 6.07) is 8.89. The number of halogens is 1. The minimum Gasteiger partial charge on any atom is -0.339 e. The first-order valence-corrected chi connectivity index (χ1v) is 10.4. The van der Waals surface area contributed by atoms with Crippen molar-refractivity contribution in [1.82, 2.24) is 10.2 Å². The van der Waals surface area contributed by atoms with Crippen molar-refractivity contribution in [3.8, 4) is 0 Å². The first kappa shape index (κ1) is 19.7. The summed E-state index contributed by atoms with van der Waals surface area (Å²) in [7, 11) is 1.85. The van der Waals surface area contributed by atoms with Crippen LogP contribution in [0.3, 0.4) is 0 Å². The van der Waals surface area contributed by atoms with Crippen LogP contribution in [0.4, 0.5) is 10.5 Å². The van der Waals surface area contributed by atoms with Crippen LogP contribution in [0.1, 0.15) is 47.3 Å². The summed E-state index contributed by atoms with van der Waals surface area (Å²) < 4.78 is 0. The molecule has 5 nitrogen and oxygen atoms in total. The number of rotatable bonds is 5. The molecule has 1 aliphatic carbocycles. The Kier molecular flexibility index (Phi) is 6.74. The van der Waals surface area contributed by atoms with Crippen molar-refractivity contribution in [3.05, 3.63) is 51.2 Å². The Balaban J connectivity index is 1.59. The molecular formula is C20H24ClN3O2S. The van der Waals surface area contributed by atoms with E-state index < -0.39 is 0 Å². The minimum absolute atomic E-state index is 0.0689. The Morgan fingerprint density at radius 3 is 2.67 bits per heavy atom. The molecule has 1 fully saturated rings. The Labute approximate surface area is 168 Å². The maximum atomic E-state index is 12.8. The van der Waals surface area contributed by atoms with Crippen molar-refractivity contribution in [2.24, 2.45) is 0 Å². The number of benzene rings is 1. The Morgan fingerprint density at radius 2 is 2.00 bits per heavy atom. The lowest BCUT2D eigenvalue weighted by Crippen LogP contribution is -2.38. The third-order valence-corrected chi connectivity index (χ3v) is 6.09. The van der Waals surface area contributed by atoms with Crippen LogP contribution in [0.2, 0.25) is 5.02 Å². The third kappa shape index (κ3) is 5.23. The van der Waals surface area contributed by atoms with Crippen LogP contribution in [0, 0.1) is 0 Å². The van der Waals surface area contributed by atoms with Crippen LogP contribution >= 0.6 is 22.9 Å². The van der Waals surface area contributed by atoms with Gasteiger partial charge in [0.1, 0.15) is 0 Å². The number of nitrogens with one attached hydrogen (secondary N) is 2. The van der Waals surface area contributed by atoms with Gasteiger partial charge in [0.2, 0.25) is 0 Å². The summed E-state index contributed by atoms with van der Waals surface area (Å²) >= 11 is 7.92. The van der Waals surface area contributed by atoms with Gasteiger partial charge < -0.3 is 15.5 Å². The molecule has 0 saturated heterocycles. The van der Waals surface area contributed by atoms with Gasteiger partial charge in [-0.15, -0.1) is 11.3 Å². The third-order valence-electron chi connectivity index (χ3n) is 4.90. The van der Waals surface area contributed by atoms with Crippen molar-refractivity contribution in [1.29, 1.82) is 0 Å². The highest BCUT2D eigenvalue weighted by atomic mass is 35.5. The second-order valence-electron chi connectivity index (χ2n) is 6.79. The number of carbonyl (C=O) groups excluding carboxylic acids is 2. The molecule has 27 heavy (non-hydrogen) atoms. The molecule has 0 radical (unpaired) electrons. The Hall–Kier alpha value is -2.05. The van der Waals surface area contributed by atoms with Gasteiger partial charge in [0.05, 0.1) is 17.1 Å². The van der Waals surface area contributed by atoms with Crippen molar-refractivity contribution in [3.63, 3.8) is 0 Å². The molecule has 1 heterocycles. The number of urea groups is 1. The van der Waals surface area contributed by atoms with Crippen molar-refractivity contribution in [2.45, 2.75) is 44.7 Å². The van der Waals surface area contributed by atoms with Crippen molar-refractivity contribution in [2.75, 3.05) is 12.4 Å². The molecule has 144 valence electrons. The molecule has 1 saturated carbocycles. The lowest BCUT2D eigenvalue weighted by atomic mass is 9.94. The summed E-state index contributed by atoms with van der Waals surface area (Å²) in [6.45, 7) is 0.472. The fourth-order valence-electron chi connectivity index (χ4n) is 3.35. The Bertz CT molecular complexity index is 789. The first-order valence-electron chi connectivity index (χ1n) is 9.18. The quantitative estimate of drug-likeness (QED) is 0.724. The summed E-state index contributed by atoms with van der Waals surface area (Å²) in [5.74, 6) is -0.0689. The molecule has 1 aliphatic rings. The molecule has 2 N–H and O–H groups in total. The smallest absolute Gasteiger partial charge is 0.319 e. The number of thiophene rings is 1. The lowest BCUT2D eigenvalue weighted by molar-refractivity contribution is 0.0696. The van der Waals surface area contributed by atoms with E-state index in [1.165, 1.54) is 19.3 Å². The fraction of sp³-hybridized carbons (Fsp3) is 0.400. The maximum absolute atomic E-state index is 12.8. The highest BCUT2D eigenvalue weighted by Crippen LogP contribution is 2.26. The van der Waals surface area contributed by atoms with E-state index in [-0.39, 0.29) is 18.0 Å². The fourth-order valence-corrected chi connectivity index (χ4v) is 4.25. The number of hydrogen-bond acceptors (Lipinski definition) is 3. The van der Waals surface area contributed by atoms with Crippen LogP contribution < -0.4 is 10.6 Å². The number of hydrogen-bond donors (Lipinski definition) is 2. The van der Waals surface area contributed by atoms with Gasteiger partial charge in [-0.1, -0.05) is 36.9 Å².